The lowest BCUT2D eigenvalue weighted by molar-refractivity contribution is 0.0303. The molecule has 1 aliphatic rings. The van der Waals surface area contributed by atoms with Gasteiger partial charge >= 0.3 is 0 Å². The molecular formula is C35H39N5O3. The molecule has 222 valence electrons. The van der Waals surface area contributed by atoms with Gasteiger partial charge in [-0.3, -0.25) is 9.59 Å². The minimum Gasteiger partial charge on any atom is -0.378 e. The average molecular weight is 578 g/mol. The summed E-state index contributed by atoms with van der Waals surface area (Å²) in [6.07, 6.45) is 1.74. The summed E-state index contributed by atoms with van der Waals surface area (Å²) in [6.45, 7) is 15.2. The second-order valence-electron chi connectivity index (χ2n) is 11.9. The Bertz CT molecular complexity index is 1690. The van der Waals surface area contributed by atoms with Gasteiger partial charge in [0.25, 0.3) is 11.5 Å². The topological polar surface area (TPSA) is 88.5 Å². The van der Waals surface area contributed by atoms with Gasteiger partial charge in [0.15, 0.2) is 5.82 Å². The highest BCUT2D eigenvalue weighted by Crippen LogP contribution is 2.30. The van der Waals surface area contributed by atoms with Gasteiger partial charge in [-0.2, -0.15) is 0 Å². The van der Waals surface area contributed by atoms with Crippen LogP contribution in [0.1, 0.15) is 47.8 Å². The van der Waals surface area contributed by atoms with Crippen LogP contribution in [0.15, 0.2) is 84.3 Å². The van der Waals surface area contributed by atoms with Crippen molar-refractivity contribution in [2.75, 3.05) is 36.9 Å². The third-order valence-corrected chi connectivity index (χ3v) is 7.76. The van der Waals surface area contributed by atoms with Crippen LogP contribution in [0.3, 0.4) is 0 Å². The standard InChI is InChI=1S/C35H39N5O3/c1-23-29(8-7-9-30(23)36-24(2)25-10-14-27(15-11-25)35(3,4)5)31-22-39(6)34(42)32(38-31)37-28-16-12-26(13-17-28)33(41)40-18-20-43-21-19-40/h7-17,22,36H,2,18-21H2,1,3-6H3,(H,37,38). The summed E-state index contributed by atoms with van der Waals surface area (Å²) in [5.74, 6) is 0.174. The quantitative estimate of drug-likeness (QED) is 0.266. The number of nitrogens with one attached hydrogen (secondary N) is 2. The highest BCUT2D eigenvalue weighted by molar-refractivity contribution is 5.94. The third kappa shape index (κ3) is 6.70. The predicted octanol–water partition coefficient (Wildman–Crippen LogP) is 6.35. The molecule has 3 aromatic carbocycles. The summed E-state index contributed by atoms with van der Waals surface area (Å²) in [5.41, 5.74) is 7.62. The monoisotopic (exact) mass is 577 g/mol. The molecule has 0 atom stereocenters. The molecule has 2 N–H and O–H groups in total. The maximum atomic E-state index is 13.0. The first-order chi connectivity index (χ1) is 20.5. The van der Waals surface area contributed by atoms with Crippen molar-refractivity contribution in [3.63, 3.8) is 0 Å². The summed E-state index contributed by atoms with van der Waals surface area (Å²) < 4.78 is 6.87. The van der Waals surface area contributed by atoms with E-state index in [1.807, 2.05) is 25.1 Å². The number of ether oxygens (including phenoxy) is 1. The van der Waals surface area contributed by atoms with Crippen molar-refractivity contribution < 1.29 is 9.53 Å². The van der Waals surface area contributed by atoms with Crippen LogP contribution in [-0.4, -0.2) is 46.7 Å². The molecular weight excluding hydrogens is 538 g/mol. The van der Waals surface area contributed by atoms with E-state index in [0.29, 0.717) is 43.2 Å². The van der Waals surface area contributed by atoms with Gasteiger partial charge in [-0.1, -0.05) is 63.7 Å². The summed E-state index contributed by atoms with van der Waals surface area (Å²) in [7, 11) is 1.71. The second-order valence-corrected chi connectivity index (χ2v) is 11.9. The highest BCUT2D eigenvalue weighted by atomic mass is 16.5. The van der Waals surface area contributed by atoms with E-state index in [2.05, 4.69) is 62.2 Å². The van der Waals surface area contributed by atoms with Gasteiger partial charge in [0.2, 0.25) is 0 Å². The molecule has 0 saturated carbocycles. The van der Waals surface area contributed by atoms with Crippen molar-refractivity contribution >= 4 is 28.8 Å². The van der Waals surface area contributed by atoms with Crippen molar-refractivity contribution in [1.29, 1.82) is 0 Å². The van der Waals surface area contributed by atoms with E-state index in [-0.39, 0.29) is 22.7 Å². The SMILES string of the molecule is C=C(Nc1cccc(-c2cn(C)c(=O)c(Nc3ccc(C(=O)N4CCOCC4)cc3)n2)c1C)c1ccc(C(C)(C)C)cc1. The molecule has 1 fully saturated rings. The molecule has 0 bridgehead atoms. The molecule has 5 rings (SSSR count). The Morgan fingerprint density at radius 2 is 1.60 bits per heavy atom. The van der Waals surface area contributed by atoms with Crippen LogP contribution in [0.2, 0.25) is 0 Å². The number of aromatic nitrogens is 2. The summed E-state index contributed by atoms with van der Waals surface area (Å²) in [5, 5.41) is 6.62. The molecule has 0 aliphatic carbocycles. The zero-order chi connectivity index (χ0) is 30.7. The number of hydrogen-bond acceptors (Lipinski definition) is 6. The van der Waals surface area contributed by atoms with E-state index < -0.39 is 0 Å². The van der Waals surface area contributed by atoms with Gasteiger partial charge in [0.05, 0.1) is 18.9 Å². The van der Waals surface area contributed by atoms with Gasteiger partial charge in [-0.15, -0.1) is 0 Å². The number of anilines is 3. The predicted molar refractivity (Wildman–Crippen MR) is 174 cm³/mol. The van der Waals surface area contributed by atoms with Gasteiger partial charge < -0.3 is 24.8 Å². The number of amides is 1. The van der Waals surface area contributed by atoms with E-state index in [9.17, 15) is 9.59 Å². The first-order valence-electron chi connectivity index (χ1n) is 14.5. The molecule has 0 radical (unpaired) electrons. The fourth-order valence-corrected chi connectivity index (χ4v) is 5.05. The fraction of sp³-hybridized carbons (Fsp3) is 0.286. The average Bonchev–Trinajstić information content (AvgIpc) is 3.00. The van der Waals surface area contributed by atoms with E-state index >= 15 is 0 Å². The summed E-state index contributed by atoms with van der Waals surface area (Å²) in [6, 6.07) is 21.5. The normalized spacial score (nSPS) is 13.5. The van der Waals surface area contributed by atoms with Crippen LogP contribution >= 0.6 is 0 Å². The number of aryl methyl sites for hydroxylation is 1. The first kappa shape index (κ1) is 29.8. The van der Waals surface area contributed by atoms with Crippen LogP contribution in [-0.2, 0) is 17.2 Å². The lowest BCUT2D eigenvalue weighted by atomic mass is 9.86. The minimum absolute atomic E-state index is 0.0283. The Labute approximate surface area is 253 Å². The molecule has 1 saturated heterocycles. The number of morpholine rings is 1. The Morgan fingerprint density at radius 3 is 2.26 bits per heavy atom. The Balaban J connectivity index is 1.35. The number of benzene rings is 3. The number of carbonyl (C=O) groups is 1. The Morgan fingerprint density at radius 1 is 0.953 bits per heavy atom. The zero-order valence-corrected chi connectivity index (χ0v) is 25.5. The van der Waals surface area contributed by atoms with Gasteiger partial charge in [-0.25, -0.2) is 4.98 Å². The van der Waals surface area contributed by atoms with E-state index in [1.54, 1.807) is 42.4 Å². The van der Waals surface area contributed by atoms with Crippen LogP contribution in [0, 0.1) is 6.92 Å². The largest absolute Gasteiger partial charge is 0.378 e. The lowest BCUT2D eigenvalue weighted by Gasteiger charge is -2.26. The van der Waals surface area contributed by atoms with Crippen molar-refractivity contribution in [2.45, 2.75) is 33.1 Å². The minimum atomic E-state index is -0.253. The molecule has 8 heteroatoms. The van der Waals surface area contributed by atoms with Gasteiger partial charge in [-0.05, 0) is 59.4 Å². The molecule has 4 aromatic rings. The number of carbonyl (C=O) groups excluding carboxylic acids is 1. The first-order valence-corrected chi connectivity index (χ1v) is 14.5. The number of nitrogens with zero attached hydrogens (tertiary/aromatic N) is 3. The molecule has 1 aliphatic heterocycles. The lowest BCUT2D eigenvalue weighted by Crippen LogP contribution is -2.40. The van der Waals surface area contributed by atoms with Crippen molar-refractivity contribution in [3.8, 4) is 11.3 Å². The molecule has 0 unspecified atom stereocenters. The maximum Gasteiger partial charge on any atom is 0.293 e. The van der Waals surface area contributed by atoms with Gasteiger partial charge in [0.1, 0.15) is 0 Å². The van der Waals surface area contributed by atoms with Crippen LogP contribution in [0.25, 0.3) is 17.0 Å². The van der Waals surface area contributed by atoms with Crippen LogP contribution in [0.5, 0.6) is 0 Å². The number of hydrogen-bond donors (Lipinski definition) is 2. The van der Waals surface area contributed by atoms with E-state index in [1.165, 1.54) is 10.1 Å². The molecule has 1 aromatic heterocycles. The molecule has 2 heterocycles. The third-order valence-electron chi connectivity index (χ3n) is 7.76. The second kappa shape index (κ2) is 12.3. The Kier molecular flexibility index (Phi) is 8.50. The van der Waals surface area contributed by atoms with Crippen LogP contribution < -0.4 is 16.2 Å². The zero-order valence-electron chi connectivity index (χ0n) is 25.5. The molecule has 43 heavy (non-hydrogen) atoms. The van der Waals surface area contributed by atoms with Crippen molar-refractivity contribution in [3.05, 3.63) is 112 Å². The molecule has 8 nitrogen and oxygen atoms in total. The summed E-state index contributed by atoms with van der Waals surface area (Å²) in [4.78, 5) is 32.3. The maximum absolute atomic E-state index is 13.0. The highest BCUT2D eigenvalue weighted by Gasteiger charge is 2.19. The van der Waals surface area contributed by atoms with Crippen molar-refractivity contribution in [1.82, 2.24) is 14.5 Å². The molecule has 0 spiro atoms. The number of rotatable bonds is 7. The molecule has 1 amide bonds. The van der Waals surface area contributed by atoms with Crippen molar-refractivity contribution in [2.24, 2.45) is 7.05 Å². The fourth-order valence-electron chi connectivity index (χ4n) is 5.05. The smallest absolute Gasteiger partial charge is 0.293 e. The van der Waals surface area contributed by atoms with E-state index in [0.717, 1.165) is 28.1 Å². The summed E-state index contributed by atoms with van der Waals surface area (Å²) >= 11 is 0. The Hall–Kier alpha value is -4.69. The van der Waals surface area contributed by atoms with Gasteiger partial charge in [0, 0.05) is 54.5 Å². The van der Waals surface area contributed by atoms with Crippen LogP contribution in [0.4, 0.5) is 17.2 Å². The van der Waals surface area contributed by atoms with E-state index in [4.69, 9.17) is 9.72 Å².